The molecule has 19 heavy (non-hydrogen) atoms. The summed E-state index contributed by atoms with van der Waals surface area (Å²) in [5.74, 6) is 0.566. The number of nitrogens with one attached hydrogen (secondary N) is 1. The van der Waals surface area contributed by atoms with Crippen LogP contribution in [0, 0.1) is 0 Å². The first-order valence-corrected chi connectivity index (χ1v) is 9.64. The van der Waals surface area contributed by atoms with E-state index < -0.39 is 9.84 Å². The van der Waals surface area contributed by atoms with Crippen LogP contribution >= 0.6 is 11.8 Å². The van der Waals surface area contributed by atoms with Gasteiger partial charge in [0.25, 0.3) is 0 Å². The molecule has 110 valence electrons. The van der Waals surface area contributed by atoms with Gasteiger partial charge in [-0.3, -0.25) is 4.99 Å². The zero-order chi connectivity index (χ0) is 13.9. The van der Waals surface area contributed by atoms with Gasteiger partial charge in [-0.1, -0.05) is 25.6 Å². The van der Waals surface area contributed by atoms with Crippen molar-refractivity contribution in [1.29, 1.82) is 0 Å². The maximum atomic E-state index is 11.5. The highest BCUT2D eigenvalue weighted by Crippen LogP contribution is 2.31. The molecular weight excluding hydrogens is 282 g/mol. The Morgan fingerprint density at radius 2 is 2.11 bits per heavy atom. The maximum absolute atomic E-state index is 11.5. The molecule has 0 aromatic carbocycles. The van der Waals surface area contributed by atoms with E-state index in [1.807, 2.05) is 0 Å². The number of sulfone groups is 1. The molecule has 2 aliphatic heterocycles. The fraction of sp³-hybridized carbons (Fsp3) is 0.917. The summed E-state index contributed by atoms with van der Waals surface area (Å²) >= 11 is 1.60. The Hall–Kier alpha value is -0.270. The van der Waals surface area contributed by atoms with E-state index in [0.29, 0.717) is 5.75 Å². The predicted molar refractivity (Wildman–Crippen MR) is 81.7 cm³/mol. The normalized spacial score (nSPS) is 30.8. The Morgan fingerprint density at radius 1 is 1.37 bits per heavy atom. The number of hydrogen-bond acceptors (Lipinski definition) is 5. The number of thioether (sulfide) groups is 1. The minimum Gasteiger partial charge on any atom is -0.360 e. The quantitative estimate of drug-likeness (QED) is 0.727. The summed E-state index contributed by atoms with van der Waals surface area (Å²) in [7, 11) is -2.82. The highest BCUT2D eigenvalue weighted by molar-refractivity contribution is 8.15. The van der Waals surface area contributed by atoms with E-state index in [0.717, 1.165) is 37.8 Å². The Bertz CT molecular complexity index is 410. The molecule has 2 atom stereocenters. The zero-order valence-electron chi connectivity index (χ0n) is 11.6. The number of amidine groups is 1. The molecule has 2 fully saturated rings. The van der Waals surface area contributed by atoms with Gasteiger partial charge in [0.1, 0.15) is 0 Å². The second kappa shape index (κ2) is 6.45. The van der Waals surface area contributed by atoms with Crippen LogP contribution in [0.3, 0.4) is 0 Å². The number of hydrogen-bond donors (Lipinski definition) is 1. The molecule has 5 nitrogen and oxygen atoms in total. The fourth-order valence-corrected chi connectivity index (χ4v) is 6.25. The minimum atomic E-state index is -2.82. The zero-order valence-corrected chi connectivity index (χ0v) is 13.3. The van der Waals surface area contributed by atoms with Crippen LogP contribution in [0.25, 0.3) is 0 Å². The van der Waals surface area contributed by atoms with Gasteiger partial charge < -0.3 is 10.2 Å². The van der Waals surface area contributed by atoms with Gasteiger partial charge in [-0.2, -0.15) is 0 Å². The number of nitrogens with zero attached hydrogens (tertiary/aromatic N) is 2. The van der Waals surface area contributed by atoms with Gasteiger partial charge in [0, 0.05) is 11.8 Å². The van der Waals surface area contributed by atoms with Gasteiger partial charge >= 0.3 is 0 Å². The molecule has 0 bridgehead atoms. The molecule has 2 heterocycles. The van der Waals surface area contributed by atoms with E-state index in [-0.39, 0.29) is 17.0 Å². The average molecular weight is 305 g/mol. The van der Waals surface area contributed by atoms with Gasteiger partial charge in [-0.05, 0) is 26.1 Å². The molecule has 1 N–H and O–H groups in total. The molecule has 0 unspecified atom stereocenters. The van der Waals surface area contributed by atoms with Crippen LogP contribution in [0.5, 0.6) is 0 Å². The summed E-state index contributed by atoms with van der Waals surface area (Å²) in [6.07, 6.45) is 1.06. The van der Waals surface area contributed by atoms with Crippen molar-refractivity contribution >= 4 is 26.8 Å². The number of aliphatic imine (C=N–C) groups is 1. The molecule has 2 aliphatic rings. The molecule has 0 radical (unpaired) electrons. The third kappa shape index (κ3) is 4.10. The topological polar surface area (TPSA) is 61.8 Å². The SMILES string of the molecule is CCN(CC)CCCN=C1N[C@@H]2CS(=O)(=O)C[C@@H]2S1. The number of fused-ring (bicyclic) bond motifs is 1. The molecule has 7 heteroatoms. The molecular formula is C12H23N3O2S2. The first kappa shape index (κ1) is 15.1. The van der Waals surface area contributed by atoms with Crippen molar-refractivity contribution in [2.24, 2.45) is 4.99 Å². The van der Waals surface area contributed by atoms with Crippen molar-refractivity contribution < 1.29 is 8.42 Å². The van der Waals surface area contributed by atoms with E-state index >= 15 is 0 Å². The lowest BCUT2D eigenvalue weighted by atomic mass is 10.3. The van der Waals surface area contributed by atoms with Gasteiger partial charge in [-0.25, -0.2) is 8.42 Å². The third-order valence-corrected chi connectivity index (χ3v) is 6.87. The van der Waals surface area contributed by atoms with E-state index in [9.17, 15) is 8.42 Å². The lowest BCUT2D eigenvalue weighted by molar-refractivity contribution is 0.302. The van der Waals surface area contributed by atoms with Gasteiger partial charge in [0.05, 0.1) is 17.5 Å². The Kier molecular flexibility index (Phi) is 5.14. The first-order valence-electron chi connectivity index (χ1n) is 6.94. The number of rotatable bonds is 6. The van der Waals surface area contributed by atoms with Crippen LogP contribution in [0.4, 0.5) is 0 Å². The first-order chi connectivity index (χ1) is 9.04. The van der Waals surface area contributed by atoms with Crippen molar-refractivity contribution in [3.63, 3.8) is 0 Å². The summed E-state index contributed by atoms with van der Waals surface area (Å²) in [6, 6.07) is 0.0801. The van der Waals surface area contributed by atoms with E-state index in [4.69, 9.17) is 0 Å². The lowest BCUT2D eigenvalue weighted by Gasteiger charge is -2.16. The van der Waals surface area contributed by atoms with E-state index in [1.54, 1.807) is 11.8 Å². The molecule has 0 aliphatic carbocycles. The smallest absolute Gasteiger partial charge is 0.157 e. The second-order valence-corrected chi connectivity index (χ2v) is 8.43. The van der Waals surface area contributed by atoms with Crippen LogP contribution in [0.15, 0.2) is 4.99 Å². The van der Waals surface area contributed by atoms with Crippen LogP contribution in [-0.2, 0) is 9.84 Å². The maximum Gasteiger partial charge on any atom is 0.157 e. The Balaban J connectivity index is 1.72. The summed E-state index contributed by atoms with van der Waals surface area (Å²) in [6.45, 7) is 8.41. The predicted octanol–water partition coefficient (Wildman–Crippen LogP) is 0.576. The highest BCUT2D eigenvalue weighted by Gasteiger charge is 2.43. The summed E-state index contributed by atoms with van der Waals surface area (Å²) in [5, 5.41) is 4.35. The monoisotopic (exact) mass is 305 g/mol. The molecule has 2 saturated heterocycles. The van der Waals surface area contributed by atoms with Crippen molar-refractivity contribution in [3.8, 4) is 0 Å². The average Bonchev–Trinajstić information content (AvgIpc) is 2.82. The van der Waals surface area contributed by atoms with E-state index in [2.05, 4.69) is 29.1 Å². The standard InChI is InChI=1S/C12H23N3O2S2/c1-3-15(4-2)7-5-6-13-12-14-10-8-19(16,17)9-11(10)18-12/h10-11H,3-9H2,1-2H3,(H,13,14)/t10-,11+/m1/s1. The molecule has 0 aromatic heterocycles. The van der Waals surface area contributed by atoms with Crippen molar-refractivity contribution in [2.75, 3.05) is 37.7 Å². The Labute approximate surface area is 120 Å². The summed E-state index contributed by atoms with van der Waals surface area (Å²) < 4.78 is 22.9. The molecule has 0 aromatic rings. The minimum absolute atomic E-state index is 0.0801. The van der Waals surface area contributed by atoms with Crippen molar-refractivity contribution in [2.45, 2.75) is 31.6 Å². The van der Waals surface area contributed by atoms with Gasteiger partial charge in [0.15, 0.2) is 15.0 Å². The largest absolute Gasteiger partial charge is 0.360 e. The third-order valence-electron chi connectivity index (χ3n) is 3.65. The van der Waals surface area contributed by atoms with Crippen LogP contribution in [0.1, 0.15) is 20.3 Å². The molecule has 0 spiro atoms. The highest BCUT2D eigenvalue weighted by atomic mass is 32.2. The van der Waals surface area contributed by atoms with Gasteiger partial charge in [0.2, 0.25) is 0 Å². The van der Waals surface area contributed by atoms with Crippen molar-refractivity contribution in [1.82, 2.24) is 10.2 Å². The van der Waals surface area contributed by atoms with Crippen LogP contribution in [0.2, 0.25) is 0 Å². The molecule has 2 rings (SSSR count). The van der Waals surface area contributed by atoms with Crippen LogP contribution < -0.4 is 5.32 Å². The second-order valence-electron chi connectivity index (χ2n) is 5.05. The lowest BCUT2D eigenvalue weighted by Crippen LogP contribution is -2.31. The Morgan fingerprint density at radius 3 is 2.74 bits per heavy atom. The van der Waals surface area contributed by atoms with Crippen molar-refractivity contribution in [3.05, 3.63) is 0 Å². The van der Waals surface area contributed by atoms with Gasteiger partial charge in [-0.15, -0.1) is 0 Å². The summed E-state index contributed by atoms with van der Waals surface area (Å²) in [4.78, 5) is 6.93. The fourth-order valence-electron chi connectivity index (χ4n) is 2.50. The molecule has 0 amide bonds. The van der Waals surface area contributed by atoms with E-state index in [1.165, 1.54) is 0 Å². The molecule has 0 saturated carbocycles. The summed E-state index contributed by atoms with van der Waals surface area (Å²) in [5.41, 5.74) is 0. The van der Waals surface area contributed by atoms with Crippen LogP contribution in [-0.4, -0.2) is 67.5 Å².